The second-order valence-corrected chi connectivity index (χ2v) is 4.29. The highest BCUT2D eigenvalue weighted by Gasteiger charge is 2.43. The van der Waals surface area contributed by atoms with Gasteiger partial charge in [0.25, 0.3) is 0 Å². The van der Waals surface area contributed by atoms with E-state index in [1.165, 1.54) is 4.90 Å². The number of hydrogen-bond acceptors (Lipinski definition) is 5. The van der Waals surface area contributed by atoms with Crippen LogP contribution in [0.5, 0.6) is 0 Å². The number of anilines is 2. The van der Waals surface area contributed by atoms with Gasteiger partial charge in [-0.05, 0) is 6.92 Å². The Morgan fingerprint density at radius 2 is 2.16 bits per heavy atom. The number of morpholine rings is 1. The Bertz CT molecular complexity index is 452. The standard InChI is InChI=1S/C11H15F3N4O/c1-7-5-9(15-2)17-10(16-7)18-3-4-19-8(6-18)11(12,13)14/h5,8H,3-4,6H2,1-2H3,(H,15,16,17). The topological polar surface area (TPSA) is 50.3 Å². The molecule has 0 aliphatic carbocycles. The predicted molar refractivity (Wildman–Crippen MR) is 64.3 cm³/mol. The molecule has 1 aromatic rings. The summed E-state index contributed by atoms with van der Waals surface area (Å²) in [4.78, 5) is 9.84. The molecule has 1 aliphatic rings. The molecule has 5 nitrogen and oxygen atoms in total. The quantitative estimate of drug-likeness (QED) is 0.889. The molecule has 1 fully saturated rings. The van der Waals surface area contributed by atoms with Gasteiger partial charge < -0.3 is 15.0 Å². The molecule has 0 bridgehead atoms. The van der Waals surface area contributed by atoms with Crippen LogP contribution in [-0.2, 0) is 4.74 Å². The molecular formula is C11H15F3N4O. The summed E-state index contributed by atoms with van der Waals surface area (Å²) in [5.41, 5.74) is 0.699. The van der Waals surface area contributed by atoms with Crippen LogP contribution in [-0.4, -0.2) is 49.0 Å². The highest BCUT2D eigenvalue weighted by molar-refractivity contribution is 5.43. The fourth-order valence-electron chi connectivity index (χ4n) is 1.85. The summed E-state index contributed by atoms with van der Waals surface area (Å²) in [6.07, 6.45) is -6.16. The molecule has 1 aliphatic heterocycles. The first-order valence-corrected chi connectivity index (χ1v) is 5.87. The summed E-state index contributed by atoms with van der Waals surface area (Å²) in [5, 5.41) is 2.86. The number of hydrogen-bond donors (Lipinski definition) is 1. The van der Waals surface area contributed by atoms with E-state index in [1.54, 1.807) is 20.0 Å². The van der Waals surface area contributed by atoms with Crippen molar-refractivity contribution in [1.29, 1.82) is 0 Å². The molecule has 1 atom stereocenters. The van der Waals surface area contributed by atoms with Crippen LogP contribution in [0.25, 0.3) is 0 Å². The van der Waals surface area contributed by atoms with E-state index in [2.05, 4.69) is 15.3 Å². The van der Waals surface area contributed by atoms with Gasteiger partial charge in [-0.2, -0.15) is 18.2 Å². The van der Waals surface area contributed by atoms with Crippen LogP contribution in [0.1, 0.15) is 5.69 Å². The fraction of sp³-hybridized carbons (Fsp3) is 0.636. The van der Waals surface area contributed by atoms with Gasteiger partial charge in [0, 0.05) is 25.4 Å². The number of rotatable bonds is 2. The van der Waals surface area contributed by atoms with Crippen LogP contribution < -0.4 is 10.2 Å². The third-order valence-electron chi connectivity index (χ3n) is 2.81. The first-order valence-electron chi connectivity index (χ1n) is 5.87. The van der Waals surface area contributed by atoms with Gasteiger partial charge in [-0.25, -0.2) is 4.98 Å². The number of ether oxygens (including phenoxy) is 1. The van der Waals surface area contributed by atoms with E-state index in [0.29, 0.717) is 24.0 Å². The van der Waals surface area contributed by atoms with Crippen molar-refractivity contribution >= 4 is 11.8 Å². The lowest BCUT2D eigenvalue weighted by molar-refractivity contribution is -0.221. The predicted octanol–water partition coefficient (Wildman–Crippen LogP) is 1.59. The van der Waals surface area contributed by atoms with Crippen molar-refractivity contribution in [3.63, 3.8) is 0 Å². The first-order chi connectivity index (χ1) is 8.90. The average Bonchev–Trinajstić information content (AvgIpc) is 2.37. The molecule has 19 heavy (non-hydrogen) atoms. The van der Waals surface area contributed by atoms with Crippen molar-refractivity contribution in [2.75, 3.05) is 37.0 Å². The van der Waals surface area contributed by atoms with Crippen LogP contribution >= 0.6 is 0 Å². The molecule has 0 saturated carbocycles. The minimum Gasteiger partial charge on any atom is -0.373 e. The van der Waals surface area contributed by atoms with Gasteiger partial charge in [0.2, 0.25) is 5.95 Å². The van der Waals surface area contributed by atoms with Gasteiger partial charge in [-0.3, -0.25) is 0 Å². The lowest BCUT2D eigenvalue weighted by Gasteiger charge is -2.33. The smallest absolute Gasteiger partial charge is 0.373 e. The molecule has 8 heteroatoms. The second-order valence-electron chi connectivity index (χ2n) is 4.29. The number of aromatic nitrogens is 2. The largest absolute Gasteiger partial charge is 0.416 e. The van der Waals surface area contributed by atoms with E-state index < -0.39 is 12.3 Å². The minimum absolute atomic E-state index is 0.0103. The summed E-state index contributed by atoms with van der Waals surface area (Å²) in [6.45, 7) is 1.85. The number of nitrogens with zero attached hydrogens (tertiary/aromatic N) is 3. The Balaban J connectivity index is 2.19. The van der Waals surface area contributed by atoms with E-state index in [4.69, 9.17) is 4.74 Å². The first kappa shape index (κ1) is 13.9. The monoisotopic (exact) mass is 276 g/mol. The maximum atomic E-state index is 12.7. The van der Waals surface area contributed by atoms with Crippen LogP contribution in [0.15, 0.2) is 6.07 Å². The van der Waals surface area contributed by atoms with E-state index in [0.717, 1.165) is 0 Å². The second kappa shape index (κ2) is 5.20. The van der Waals surface area contributed by atoms with Gasteiger partial charge in [0.05, 0.1) is 13.2 Å². The summed E-state index contributed by atoms with van der Waals surface area (Å²) in [7, 11) is 1.70. The molecule has 0 radical (unpaired) electrons. The maximum Gasteiger partial charge on any atom is 0.416 e. The summed E-state index contributed by atoms with van der Waals surface area (Å²) >= 11 is 0. The Kier molecular flexibility index (Phi) is 3.79. The van der Waals surface area contributed by atoms with Crippen molar-refractivity contribution in [2.45, 2.75) is 19.2 Å². The summed E-state index contributed by atoms with van der Waals surface area (Å²) in [6, 6.07) is 1.73. The third kappa shape index (κ3) is 3.25. The Morgan fingerprint density at radius 1 is 1.42 bits per heavy atom. The minimum atomic E-state index is -4.37. The molecule has 1 saturated heterocycles. The molecule has 0 amide bonds. The van der Waals surface area contributed by atoms with E-state index in [1.807, 2.05) is 0 Å². The van der Waals surface area contributed by atoms with E-state index in [-0.39, 0.29) is 13.2 Å². The zero-order valence-corrected chi connectivity index (χ0v) is 10.7. The molecule has 2 heterocycles. The normalized spacial score (nSPS) is 20.5. The molecule has 1 aromatic heterocycles. The highest BCUT2D eigenvalue weighted by atomic mass is 19.4. The van der Waals surface area contributed by atoms with Crippen molar-refractivity contribution in [3.05, 3.63) is 11.8 Å². The lowest BCUT2D eigenvalue weighted by Crippen LogP contribution is -2.49. The van der Waals surface area contributed by atoms with Gasteiger partial charge in [-0.1, -0.05) is 0 Å². The third-order valence-corrected chi connectivity index (χ3v) is 2.81. The molecule has 1 N–H and O–H groups in total. The molecule has 0 spiro atoms. The highest BCUT2D eigenvalue weighted by Crippen LogP contribution is 2.27. The lowest BCUT2D eigenvalue weighted by atomic mass is 10.2. The number of halogens is 3. The Hall–Kier alpha value is -1.57. The number of alkyl halides is 3. The SMILES string of the molecule is CNc1cc(C)nc(N2CCOC(C(F)(F)F)C2)n1. The van der Waals surface area contributed by atoms with Crippen molar-refractivity contribution in [1.82, 2.24) is 9.97 Å². The average molecular weight is 276 g/mol. The van der Waals surface area contributed by atoms with Gasteiger partial charge >= 0.3 is 6.18 Å². The van der Waals surface area contributed by atoms with Crippen molar-refractivity contribution in [2.24, 2.45) is 0 Å². The Morgan fingerprint density at radius 3 is 2.79 bits per heavy atom. The van der Waals surface area contributed by atoms with Gasteiger partial charge in [0.15, 0.2) is 6.10 Å². The maximum absolute atomic E-state index is 12.7. The summed E-state index contributed by atoms with van der Waals surface area (Å²) < 4.78 is 42.7. The molecular weight excluding hydrogens is 261 g/mol. The van der Waals surface area contributed by atoms with Crippen LogP contribution in [0.2, 0.25) is 0 Å². The zero-order chi connectivity index (χ0) is 14.0. The van der Waals surface area contributed by atoms with Gasteiger partial charge in [0.1, 0.15) is 5.82 Å². The van der Waals surface area contributed by atoms with E-state index in [9.17, 15) is 13.2 Å². The molecule has 0 aromatic carbocycles. The zero-order valence-electron chi connectivity index (χ0n) is 10.7. The van der Waals surface area contributed by atoms with Crippen LogP contribution in [0.4, 0.5) is 24.9 Å². The summed E-state index contributed by atoms with van der Waals surface area (Å²) in [5.74, 6) is 0.874. The fourth-order valence-corrected chi connectivity index (χ4v) is 1.85. The van der Waals surface area contributed by atoms with E-state index >= 15 is 0 Å². The van der Waals surface area contributed by atoms with Gasteiger partial charge in [-0.15, -0.1) is 0 Å². The molecule has 1 unspecified atom stereocenters. The van der Waals surface area contributed by atoms with Crippen molar-refractivity contribution in [3.8, 4) is 0 Å². The number of aryl methyl sites for hydroxylation is 1. The van der Waals surface area contributed by atoms with Crippen LogP contribution in [0.3, 0.4) is 0 Å². The molecule has 2 rings (SSSR count). The van der Waals surface area contributed by atoms with Crippen LogP contribution in [0, 0.1) is 6.92 Å². The van der Waals surface area contributed by atoms with Crippen molar-refractivity contribution < 1.29 is 17.9 Å². The number of nitrogens with one attached hydrogen (secondary N) is 1. The Labute approximate surface area is 108 Å². The molecule has 106 valence electrons.